The molecule has 0 aromatic heterocycles. The standard InChI is InChI=1S/C14H19F3N2O2/c1-10(19-7-5-18-6-8-19)12-9-11(21-14(15,16)17)3-4-13(12)20-2/h3-4,9-10,18H,5-8H2,1-2H3/t10-/m0/s1. The van der Waals surface area contributed by atoms with Crippen LogP contribution < -0.4 is 14.8 Å². The number of methoxy groups -OCH3 is 1. The van der Waals surface area contributed by atoms with Crippen molar-refractivity contribution in [1.29, 1.82) is 0 Å². The molecule has 21 heavy (non-hydrogen) atoms. The highest BCUT2D eigenvalue weighted by atomic mass is 19.4. The maximum absolute atomic E-state index is 12.3. The van der Waals surface area contributed by atoms with E-state index < -0.39 is 6.36 Å². The SMILES string of the molecule is COc1ccc(OC(F)(F)F)cc1[C@H](C)N1CCNCC1. The highest BCUT2D eigenvalue weighted by molar-refractivity contribution is 5.42. The fourth-order valence-corrected chi connectivity index (χ4v) is 2.50. The van der Waals surface area contributed by atoms with Gasteiger partial charge < -0.3 is 14.8 Å². The average Bonchev–Trinajstić information content (AvgIpc) is 2.45. The van der Waals surface area contributed by atoms with Crippen molar-refractivity contribution in [2.24, 2.45) is 0 Å². The zero-order chi connectivity index (χ0) is 15.5. The van der Waals surface area contributed by atoms with Crippen LogP contribution in [0.15, 0.2) is 18.2 Å². The van der Waals surface area contributed by atoms with Crippen LogP contribution in [0.4, 0.5) is 13.2 Å². The molecule has 1 N–H and O–H groups in total. The molecule has 1 aliphatic heterocycles. The number of halogens is 3. The molecule has 2 rings (SSSR count). The zero-order valence-corrected chi connectivity index (χ0v) is 12.0. The number of hydrogen-bond acceptors (Lipinski definition) is 4. The minimum atomic E-state index is -4.69. The molecule has 0 aliphatic carbocycles. The van der Waals surface area contributed by atoms with Gasteiger partial charge in [-0.25, -0.2) is 0 Å². The summed E-state index contributed by atoms with van der Waals surface area (Å²) in [6.45, 7) is 5.38. The second-order valence-corrected chi connectivity index (χ2v) is 4.91. The molecule has 0 unspecified atom stereocenters. The Balaban J connectivity index is 2.24. The lowest BCUT2D eigenvalue weighted by atomic mass is 10.0. The van der Waals surface area contributed by atoms with Crippen molar-refractivity contribution in [2.45, 2.75) is 19.3 Å². The smallest absolute Gasteiger partial charge is 0.496 e. The summed E-state index contributed by atoms with van der Waals surface area (Å²) in [7, 11) is 1.51. The fraction of sp³-hybridized carbons (Fsp3) is 0.571. The largest absolute Gasteiger partial charge is 0.573 e. The van der Waals surface area contributed by atoms with Gasteiger partial charge in [0.15, 0.2) is 0 Å². The number of hydrogen-bond donors (Lipinski definition) is 1. The maximum atomic E-state index is 12.3. The van der Waals surface area contributed by atoms with Crippen LogP contribution in [0, 0.1) is 0 Å². The number of benzene rings is 1. The number of nitrogens with one attached hydrogen (secondary N) is 1. The lowest BCUT2D eigenvalue weighted by Crippen LogP contribution is -2.44. The number of alkyl halides is 3. The van der Waals surface area contributed by atoms with Gasteiger partial charge in [-0.05, 0) is 25.1 Å². The van der Waals surface area contributed by atoms with E-state index in [1.165, 1.54) is 25.3 Å². The third-order valence-corrected chi connectivity index (χ3v) is 3.58. The van der Waals surface area contributed by atoms with E-state index in [4.69, 9.17) is 4.74 Å². The molecule has 1 aromatic carbocycles. The summed E-state index contributed by atoms with van der Waals surface area (Å²) >= 11 is 0. The van der Waals surface area contributed by atoms with Gasteiger partial charge in [0, 0.05) is 37.8 Å². The van der Waals surface area contributed by atoms with Gasteiger partial charge in [0.2, 0.25) is 0 Å². The molecule has 0 radical (unpaired) electrons. The number of rotatable bonds is 4. The molecule has 1 atom stereocenters. The van der Waals surface area contributed by atoms with Gasteiger partial charge in [0.1, 0.15) is 11.5 Å². The molecular weight excluding hydrogens is 285 g/mol. The number of ether oxygens (including phenoxy) is 2. The molecule has 1 aromatic rings. The first kappa shape index (κ1) is 15.9. The Morgan fingerprint density at radius 3 is 2.48 bits per heavy atom. The van der Waals surface area contributed by atoms with Gasteiger partial charge in [-0.1, -0.05) is 0 Å². The minimum absolute atomic E-state index is 0.0427. The fourth-order valence-electron chi connectivity index (χ4n) is 2.50. The van der Waals surface area contributed by atoms with Crippen LogP contribution >= 0.6 is 0 Å². The Bertz CT molecular complexity index is 474. The Kier molecular flexibility index (Phi) is 4.95. The Hall–Kier alpha value is -1.47. The van der Waals surface area contributed by atoms with Gasteiger partial charge in [-0.2, -0.15) is 0 Å². The zero-order valence-electron chi connectivity index (χ0n) is 12.0. The highest BCUT2D eigenvalue weighted by Gasteiger charge is 2.32. The molecule has 0 spiro atoms. The molecular formula is C14H19F3N2O2. The lowest BCUT2D eigenvalue weighted by Gasteiger charge is -2.33. The van der Waals surface area contributed by atoms with E-state index in [2.05, 4.69) is 15.0 Å². The third-order valence-electron chi connectivity index (χ3n) is 3.58. The molecule has 0 bridgehead atoms. The topological polar surface area (TPSA) is 33.7 Å². The summed E-state index contributed by atoms with van der Waals surface area (Å²) in [6, 6.07) is 4.13. The van der Waals surface area contributed by atoms with Gasteiger partial charge >= 0.3 is 6.36 Å². The minimum Gasteiger partial charge on any atom is -0.496 e. The van der Waals surface area contributed by atoms with E-state index in [-0.39, 0.29) is 11.8 Å². The van der Waals surface area contributed by atoms with Crippen molar-refractivity contribution in [3.8, 4) is 11.5 Å². The van der Waals surface area contributed by atoms with Gasteiger partial charge in [0.25, 0.3) is 0 Å². The van der Waals surface area contributed by atoms with Crippen LogP contribution in [0.3, 0.4) is 0 Å². The monoisotopic (exact) mass is 304 g/mol. The van der Waals surface area contributed by atoms with Gasteiger partial charge in [0.05, 0.1) is 7.11 Å². The molecule has 1 fully saturated rings. The first-order valence-electron chi connectivity index (χ1n) is 6.79. The van der Waals surface area contributed by atoms with E-state index in [1.54, 1.807) is 0 Å². The molecule has 1 saturated heterocycles. The summed E-state index contributed by atoms with van der Waals surface area (Å²) in [5.74, 6) is 0.343. The van der Waals surface area contributed by atoms with Crippen molar-refractivity contribution in [3.05, 3.63) is 23.8 Å². The van der Waals surface area contributed by atoms with Crippen molar-refractivity contribution >= 4 is 0 Å². The van der Waals surface area contributed by atoms with E-state index in [1.807, 2.05) is 6.92 Å². The lowest BCUT2D eigenvalue weighted by molar-refractivity contribution is -0.274. The predicted molar refractivity (Wildman–Crippen MR) is 72.5 cm³/mol. The third kappa shape index (κ3) is 4.25. The molecule has 1 aliphatic rings. The summed E-state index contributed by atoms with van der Waals surface area (Å²) in [6.07, 6.45) is -4.69. The second-order valence-electron chi connectivity index (χ2n) is 4.91. The number of piperazine rings is 1. The Morgan fingerprint density at radius 1 is 1.24 bits per heavy atom. The first-order chi connectivity index (χ1) is 9.90. The quantitative estimate of drug-likeness (QED) is 0.927. The summed E-state index contributed by atoms with van der Waals surface area (Å²) in [5.41, 5.74) is 0.696. The second kappa shape index (κ2) is 6.53. The number of nitrogens with zero attached hydrogens (tertiary/aromatic N) is 1. The van der Waals surface area contributed by atoms with E-state index in [9.17, 15) is 13.2 Å². The molecule has 0 saturated carbocycles. The van der Waals surface area contributed by atoms with Crippen LogP contribution in [-0.2, 0) is 0 Å². The molecule has 1 heterocycles. The van der Waals surface area contributed by atoms with Crippen molar-refractivity contribution in [3.63, 3.8) is 0 Å². The Morgan fingerprint density at radius 2 is 1.90 bits per heavy atom. The van der Waals surface area contributed by atoms with Crippen molar-refractivity contribution in [1.82, 2.24) is 10.2 Å². The van der Waals surface area contributed by atoms with Crippen molar-refractivity contribution in [2.75, 3.05) is 33.3 Å². The summed E-state index contributed by atoms with van der Waals surface area (Å²) in [5, 5.41) is 3.25. The molecule has 4 nitrogen and oxygen atoms in total. The molecule has 7 heteroatoms. The van der Waals surface area contributed by atoms with E-state index in [0.717, 1.165) is 26.2 Å². The molecule has 0 amide bonds. The van der Waals surface area contributed by atoms with Crippen LogP contribution in [0.25, 0.3) is 0 Å². The summed E-state index contributed by atoms with van der Waals surface area (Å²) < 4.78 is 46.3. The predicted octanol–water partition coefficient (Wildman–Crippen LogP) is 2.56. The normalized spacial score (nSPS) is 18.3. The average molecular weight is 304 g/mol. The highest BCUT2D eigenvalue weighted by Crippen LogP contribution is 2.34. The van der Waals surface area contributed by atoms with Gasteiger partial charge in [-0.3, -0.25) is 4.90 Å². The Labute approximate surface area is 121 Å². The molecule has 118 valence electrons. The van der Waals surface area contributed by atoms with Crippen molar-refractivity contribution < 1.29 is 22.6 Å². The van der Waals surface area contributed by atoms with Crippen LogP contribution in [-0.4, -0.2) is 44.6 Å². The van der Waals surface area contributed by atoms with Gasteiger partial charge in [-0.15, -0.1) is 13.2 Å². The van der Waals surface area contributed by atoms with E-state index >= 15 is 0 Å². The summed E-state index contributed by atoms with van der Waals surface area (Å²) in [4.78, 5) is 2.20. The van der Waals surface area contributed by atoms with Crippen LogP contribution in [0.2, 0.25) is 0 Å². The first-order valence-corrected chi connectivity index (χ1v) is 6.79. The van der Waals surface area contributed by atoms with E-state index in [0.29, 0.717) is 11.3 Å². The van der Waals surface area contributed by atoms with Crippen LogP contribution in [0.5, 0.6) is 11.5 Å². The maximum Gasteiger partial charge on any atom is 0.573 e. The van der Waals surface area contributed by atoms with Crippen LogP contribution in [0.1, 0.15) is 18.5 Å².